The highest BCUT2D eigenvalue weighted by molar-refractivity contribution is 7.89. The molecule has 2 N–H and O–H groups in total. The van der Waals surface area contributed by atoms with Crippen LogP contribution in [0.15, 0.2) is 29.2 Å². The highest BCUT2D eigenvalue weighted by Crippen LogP contribution is 2.29. The van der Waals surface area contributed by atoms with Gasteiger partial charge in [-0.15, -0.1) is 0 Å². The van der Waals surface area contributed by atoms with Gasteiger partial charge in [0.25, 0.3) is 0 Å². The lowest BCUT2D eigenvalue weighted by molar-refractivity contribution is 0.262. The summed E-state index contributed by atoms with van der Waals surface area (Å²) in [5.74, 6) is 7.03. The average Bonchev–Trinajstić information content (AvgIpc) is 2.62. The van der Waals surface area contributed by atoms with E-state index in [1.54, 1.807) is 31.3 Å². The van der Waals surface area contributed by atoms with Gasteiger partial charge in [0.1, 0.15) is 0 Å². The molecule has 1 aliphatic carbocycles. The first kappa shape index (κ1) is 20.8. The molecular formula is C20H31N3O2S. The van der Waals surface area contributed by atoms with Gasteiger partial charge < -0.3 is 5.73 Å². The van der Waals surface area contributed by atoms with Gasteiger partial charge in [-0.1, -0.05) is 18.8 Å². The van der Waals surface area contributed by atoms with Crippen LogP contribution in [0.25, 0.3) is 0 Å². The van der Waals surface area contributed by atoms with Crippen LogP contribution in [0.3, 0.4) is 0 Å². The summed E-state index contributed by atoms with van der Waals surface area (Å²) in [5.41, 5.74) is 6.22. The van der Waals surface area contributed by atoms with Crippen molar-refractivity contribution in [1.29, 1.82) is 0 Å². The van der Waals surface area contributed by atoms with Gasteiger partial charge >= 0.3 is 0 Å². The van der Waals surface area contributed by atoms with Crippen molar-refractivity contribution in [2.75, 3.05) is 32.9 Å². The molecule has 144 valence electrons. The Kier molecular flexibility index (Phi) is 7.51. The fraction of sp³-hybridized carbons (Fsp3) is 0.600. The number of rotatable bonds is 6. The summed E-state index contributed by atoms with van der Waals surface area (Å²) >= 11 is 0. The third-order valence-electron chi connectivity index (χ3n) is 5.03. The maximum absolute atomic E-state index is 12.8. The van der Waals surface area contributed by atoms with E-state index in [-0.39, 0.29) is 6.04 Å². The zero-order chi connectivity index (χ0) is 19.2. The number of nitrogens with two attached hydrogens (primary N) is 1. The minimum atomic E-state index is -3.47. The maximum Gasteiger partial charge on any atom is 0.243 e. The normalized spacial score (nSPS) is 20.8. The van der Waals surface area contributed by atoms with Gasteiger partial charge in [-0.2, -0.15) is 4.31 Å². The highest BCUT2D eigenvalue weighted by atomic mass is 32.2. The number of benzene rings is 1. The van der Waals surface area contributed by atoms with Gasteiger partial charge in [-0.25, -0.2) is 8.42 Å². The Morgan fingerprint density at radius 3 is 2.31 bits per heavy atom. The zero-order valence-corrected chi connectivity index (χ0v) is 16.9. The Bertz CT molecular complexity index is 727. The highest BCUT2D eigenvalue weighted by Gasteiger charge is 2.31. The third-order valence-corrected chi connectivity index (χ3v) is 6.95. The van der Waals surface area contributed by atoms with Crippen molar-refractivity contribution in [3.8, 4) is 11.8 Å². The van der Waals surface area contributed by atoms with Crippen LogP contribution in [-0.2, 0) is 10.0 Å². The summed E-state index contributed by atoms with van der Waals surface area (Å²) in [6.07, 6.45) is 4.76. The molecule has 5 nitrogen and oxygen atoms in total. The van der Waals surface area contributed by atoms with Crippen LogP contribution in [0.1, 0.15) is 39.0 Å². The van der Waals surface area contributed by atoms with Gasteiger partial charge in [-0.3, -0.25) is 4.90 Å². The van der Waals surface area contributed by atoms with Crippen molar-refractivity contribution < 1.29 is 8.42 Å². The lowest BCUT2D eigenvalue weighted by Gasteiger charge is -2.32. The van der Waals surface area contributed by atoms with Gasteiger partial charge in [0.2, 0.25) is 10.0 Å². The molecule has 0 aliphatic heterocycles. The molecule has 0 saturated heterocycles. The van der Waals surface area contributed by atoms with Gasteiger partial charge in [0, 0.05) is 24.7 Å². The lowest BCUT2D eigenvalue weighted by Crippen LogP contribution is -2.39. The first-order chi connectivity index (χ1) is 12.3. The molecule has 0 spiro atoms. The average molecular weight is 378 g/mol. The smallest absolute Gasteiger partial charge is 0.243 e. The quantitative estimate of drug-likeness (QED) is 0.611. The molecule has 0 unspecified atom stereocenters. The molecule has 26 heavy (non-hydrogen) atoms. The molecule has 1 aromatic rings. The van der Waals surface area contributed by atoms with Crippen molar-refractivity contribution in [2.24, 2.45) is 5.92 Å². The minimum absolute atomic E-state index is 0.0402. The number of anilines is 1. The van der Waals surface area contributed by atoms with Crippen molar-refractivity contribution in [3.63, 3.8) is 0 Å². The van der Waals surface area contributed by atoms with E-state index >= 15 is 0 Å². The van der Waals surface area contributed by atoms with Crippen LogP contribution in [0, 0.1) is 17.8 Å². The number of sulfonamides is 1. The van der Waals surface area contributed by atoms with Crippen LogP contribution in [0.5, 0.6) is 0 Å². The monoisotopic (exact) mass is 377 g/mol. The summed E-state index contributed by atoms with van der Waals surface area (Å²) in [6, 6.07) is 6.44. The van der Waals surface area contributed by atoms with Crippen molar-refractivity contribution in [1.82, 2.24) is 9.21 Å². The topological polar surface area (TPSA) is 66.6 Å². The van der Waals surface area contributed by atoms with Crippen LogP contribution in [0.2, 0.25) is 0 Å². The van der Waals surface area contributed by atoms with E-state index in [9.17, 15) is 8.42 Å². The van der Waals surface area contributed by atoms with Crippen LogP contribution >= 0.6 is 0 Å². The van der Waals surface area contributed by atoms with Gasteiger partial charge in [0.05, 0.1) is 11.4 Å². The first-order valence-electron chi connectivity index (χ1n) is 9.35. The molecule has 0 bridgehead atoms. The summed E-state index contributed by atoms with van der Waals surface area (Å²) in [7, 11) is 0.300. The number of hydrogen-bond acceptors (Lipinski definition) is 4. The second-order valence-electron chi connectivity index (χ2n) is 7.15. The third kappa shape index (κ3) is 5.47. The number of nitrogen functional groups attached to an aromatic ring is 1. The van der Waals surface area contributed by atoms with E-state index in [0.717, 1.165) is 45.2 Å². The molecule has 0 radical (unpaired) electrons. The Hall–Kier alpha value is -1.55. The van der Waals surface area contributed by atoms with Crippen molar-refractivity contribution >= 4 is 15.7 Å². The fourth-order valence-electron chi connectivity index (χ4n) is 3.37. The SMILES string of the molecule is CCCN(C)CC#C[C@H]1CC[C@H](N(C)S(=O)(=O)c2ccc(N)cc2)CC1. The Morgan fingerprint density at radius 1 is 1.12 bits per heavy atom. The lowest BCUT2D eigenvalue weighted by atomic mass is 9.86. The van der Waals surface area contributed by atoms with Crippen LogP contribution in [0.4, 0.5) is 5.69 Å². The zero-order valence-electron chi connectivity index (χ0n) is 16.1. The molecule has 2 rings (SSSR count). The molecule has 0 atom stereocenters. The Labute approximate surface area is 158 Å². The van der Waals surface area contributed by atoms with E-state index in [2.05, 4.69) is 30.7 Å². The van der Waals surface area contributed by atoms with E-state index in [1.807, 2.05) is 0 Å². The molecule has 1 aromatic carbocycles. The molecule has 1 saturated carbocycles. The molecule has 1 aliphatic rings. The van der Waals surface area contributed by atoms with E-state index in [4.69, 9.17) is 5.73 Å². The Morgan fingerprint density at radius 2 is 1.73 bits per heavy atom. The fourth-order valence-corrected chi connectivity index (χ4v) is 4.79. The molecule has 6 heteroatoms. The van der Waals surface area contributed by atoms with Gasteiger partial charge in [-0.05, 0) is 70.0 Å². The second-order valence-corrected chi connectivity index (χ2v) is 9.15. The maximum atomic E-state index is 12.8. The molecule has 0 heterocycles. The summed E-state index contributed by atoms with van der Waals surface area (Å²) in [5, 5.41) is 0. The van der Waals surface area contributed by atoms with E-state index < -0.39 is 10.0 Å². The van der Waals surface area contributed by atoms with E-state index in [0.29, 0.717) is 16.5 Å². The summed E-state index contributed by atoms with van der Waals surface area (Å²) in [6.45, 7) is 4.04. The van der Waals surface area contributed by atoms with Crippen LogP contribution < -0.4 is 5.73 Å². The predicted octanol–water partition coefficient (Wildman–Crippen LogP) is 2.79. The summed E-state index contributed by atoms with van der Waals surface area (Å²) in [4.78, 5) is 2.53. The first-order valence-corrected chi connectivity index (χ1v) is 10.8. The standard InChI is InChI=1S/C20H31N3O2S/c1-4-15-22(2)16-5-6-17-7-11-19(12-8-17)23(3)26(24,25)20-13-9-18(21)10-14-20/h9-10,13-14,17,19H,4,7-8,11-12,15-16,21H2,1-3H3/t17-,19-. The molecular weight excluding hydrogens is 346 g/mol. The van der Waals surface area contributed by atoms with Gasteiger partial charge in [0.15, 0.2) is 0 Å². The van der Waals surface area contributed by atoms with Crippen LogP contribution in [-0.4, -0.2) is 50.8 Å². The number of nitrogens with zero attached hydrogens (tertiary/aromatic N) is 2. The molecule has 1 fully saturated rings. The molecule has 0 amide bonds. The largest absolute Gasteiger partial charge is 0.399 e. The Balaban J connectivity index is 1.91. The number of hydrogen-bond donors (Lipinski definition) is 1. The van der Waals surface area contributed by atoms with E-state index in [1.165, 1.54) is 4.31 Å². The minimum Gasteiger partial charge on any atom is -0.399 e. The van der Waals surface area contributed by atoms with Crippen molar-refractivity contribution in [3.05, 3.63) is 24.3 Å². The predicted molar refractivity (Wildman–Crippen MR) is 107 cm³/mol. The summed E-state index contributed by atoms with van der Waals surface area (Å²) < 4.78 is 27.1. The second kappa shape index (κ2) is 9.40. The molecule has 0 aromatic heterocycles. The van der Waals surface area contributed by atoms with Crippen molar-refractivity contribution in [2.45, 2.75) is 50.0 Å².